The van der Waals surface area contributed by atoms with Crippen LogP contribution in [0.5, 0.6) is 0 Å². The number of unbranched alkanes of at least 4 members (excludes halogenated alkanes) is 3. The number of rotatable bonds is 7. The van der Waals surface area contributed by atoms with Gasteiger partial charge in [0.1, 0.15) is 0 Å². The highest BCUT2D eigenvalue weighted by Crippen LogP contribution is 2.27. The number of alkyl halides is 1. The van der Waals surface area contributed by atoms with Crippen LogP contribution in [0.15, 0.2) is 9.85 Å². The highest BCUT2D eigenvalue weighted by molar-refractivity contribution is 14.1. The van der Waals surface area contributed by atoms with Crippen LogP contribution in [0.3, 0.4) is 0 Å². The molecule has 0 unspecified atom stereocenters. The van der Waals surface area contributed by atoms with E-state index in [1.807, 2.05) is 13.0 Å². The van der Waals surface area contributed by atoms with Gasteiger partial charge < -0.3 is 5.32 Å². The summed E-state index contributed by atoms with van der Waals surface area (Å²) >= 11 is 7.33. The zero-order chi connectivity index (χ0) is 12.7. The molecule has 0 aliphatic heterocycles. The second-order valence-electron chi connectivity index (χ2n) is 3.93. The summed E-state index contributed by atoms with van der Waals surface area (Å²) in [6, 6.07) is 1.93. The molecule has 0 bridgehead atoms. The first-order chi connectivity index (χ1) is 8.15. The van der Waals surface area contributed by atoms with E-state index in [0.29, 0.717) is 0 Å². The highest BCUT2D eigenvalue weighted by Gasteiger charge is 2.10. The standard InChI is InChI=1S/C12H17BrINOS/c1-9-8-10(17-11(9)13)12(16)15-7-5-3-2-4-6-14/h8H,2-7H2,1H3,(H,15,16). The molecule has 0 aromatic carbocycles. The van der Waals surface area contributed by atoms with Gasteiger partial charge in [-0.25, -0.2) is 0 Å². The summed E-state index contributed by atoms with van der Waals surface area (Å²) in [6.45, 7) is 2.79. The van der Waals surface area contributed by atoms with Crippen LogP contribution in [0.1, 0.15) is 40.9 Å². The fraction of sp³-hybridized carbons (Fsp3) is 0.583. The van der Waals surface area contributed by atoms with Crippen molar-refractivity contribution in [2.45, 2.75) is 32.6 Å². The van der Waals surface area contributed by atoms with E-state index >= 15 is 0 Å². The third-order valence-electron chi connectivity index (χ3n) is 2.43. The summed E-state index contributed by atoms with van der Waals surface area (Å²) in [5, 5.41) is 2.97. The van der Waals surface area contributed by atoms with Gasteiger partial charge in [-0.3, -0.25) is 4.79 Å². The number of amides is 1. The molecule has 1 rings (SSSR count). The van der Waals surface area contributed by atoms with Crippen molar-refractivity contribution in [1.29, 1.82) is 0 Å². The van der Waals surface area contributed by atoms with Crippen molar-refractivity contribution < 1.29 is 4.79 Å². The summed E-state index contributed by atoms with van der Waals surface area (Å²) in [5.41, 5.74) is 1.13. The summed E-state index contributed by atoms with van der Waals surface area (Å²) < 4.78 is 2.27. The fourth-order valence-electron chi connectivity index (χ4n) is 1.43. The van der Waals surface area contributed by atoms with Gasteiger partial charge in [-0.05, 0) is 51.8 Å². The van der Waals surface area contributed by atoms with Gasteiger partial charge in [-0.2, -0.15) is 0 Å². The van der Waals surface area contributed by atoms with Crippen molar-refractivity contribution in [3.8, 4) is 0 Å². The molecule has 1 amide bonds. The number of nitrogens with one attached hydrogen (secondary N) is 1. The minimum Gasteiger partial charge on any atom is -0.351 e. The molecule has 5 heteroatoms. The second-order valence-corrected chi connectivity index (χ2v) is 7.38. The lowest BCUT2D eigenvalue weighted by Crippen LogP contribution is -2.23. The van der Waals surface area contributed by atoms with Gasteiger partial charge in [-0.15, -0.1) is 11.3 Å². The first-order valence-electron chi connectivity index (χ1n) is 5.75. The first kappa shape index (κ1) is 15.4. The van der Waals surface area contributed by atoms with Crippen molar-refractivity contribution in [1.82, 2.24) is 5.32 Å². The Hall–Kier alpha value is 0.380. The Morgan fingerprint density at radius 2 is 2.12 bits per heavy atom. The Morgan fingerprint density at radius 1 is 1.41 bits per heavy atom. The van der Waals surface area contributed by atoms with Gasteiger partial charge in [0.05, 0.1) is 8.66 Å². The molecule has 0 aliphatic rings. The van der Waals surface area contributed by atoms with Crippen LogP contribution in [0.25, 0.3) is 0 Å². The molecule has 0 spiro atoms. The van der Waals surface area contributed by atoms with Crippen molar-refractivity contribution in [2.75, 3.05) is 11.0 Å². The zero-order valence-electron chi connectivity index (χ0n) is 9.89. The van der Waals surface area contributed by atoms with E-state index in [1.165, 1.54) is 35.0 Å². The summed E-state index contributed by atoms with van der Waals surface area (Å²) in [5.74, 6) is 0.0534. The topological polar surface area (TPSA) is 29.1 Å². The van der Waals surface area contributed by atoms with E-state index in [2.05, 4.69) is 43.8 Å². The highest BCUT2D eigenvalue weighted by atomic mass is 127. The van der Waals surface area contributed by atoms with Crippen LogP contribution in [-0.4, -0.2) is 16.9 Å². The molecule has 0 aliphatic carbocycles. The Balaban J connectivity index is 2.21. The minimum atomic E-state index is 0.0534. The lowest BCUT2D eigenvalue weighted by molar-refractivity contribution is 0.0957. The van der Waals surface area contributed by atoms with Crippen molar-refractivity contribution in [3.63, 3.8) is 0 Å². The molecule has 96 valence electrons. The molecule has 0 saturated carbocycles. The molecule has 1 aromatic heterocycles. The molecule has 1 N–H and O–H groups in total. The number of hydrogen-bond acceptors (Lipinski definition) is 2. The average Bonchev–Trinajstić information content (AvgIpc) is 2.64. The third-order valence-corrected chi connectivity index (χ3v) is 5.33. The molecule has 0 atom stereocenters. The summed E-state index contributed by atoms with van der Waals surface area (Å²) in [7, 11) is 0. The van der Waals surface area contributed by atoms with Gasteiger partial charge in [0.2, 0.25) is 0 Å². The molecule has 1 aromatic rings. The lowest BCUT2D eigenvalue weighted by atomic mass is 10.2. The SMILES string of the molecule is Cc1cc(C(=O)NCCCCCCI)sc1Br. The van der Waals surface area contributed by atoms with Crippen LogP contribution in [0.2, 0.25) is 0 Å². The first-order valence-corrected chi connectivity index (χ1v) is 8.88. The average molecular weight is 430 g/mol. The lowest BCUT2D eigenvalue weighted by Gasteiger charge is -2.02. The second kappa shape index (κ2) is 8.48. The van der Waals surface area contributed by atoms with Gasteiger partial charge >= 0.3 is 0 Å². The third kappa shape index (κ3) is 5.70. The molecule has 2 nitrogen and oxygen atoms in total. The smallest absolute Gasteiger partial charge is 0.261 e. The number of carbonyl (C=O) groups is 1. The van der Waals surface area contributed by atoms with E-state index in [1.54, 1.807) is 0 Å². The summed E-state index contributed by atoms with van der Waals surface area (Å²) in [4.78, 5) is 12.6. The predicted octanol–water partition coefficient (Wildman–Crippen LogP) is 4.54. The normalized spacial score (nSPS) is 10.5. The number of carbonyl (C=O) groups excluding carboxylic acids is 1. The molecular weight excluding hydrogens is 413 g/mol. The van der Waals surface area contributed by atoms with E-state index < -0.39 is 0 Å². The Kier molecular flexibility index (Phi) is 7.70. The number of aryl methyl sites for hydroxylation is 1. The van der Waals surface area contributed by atoms with Crippen LogP contribution in [0, 0.1) is 6.92 Å². The molecule has 17 heavy (non-hydrogen) atoms. The van der Waals surface area contributed by atoms with E-state index in [-0.39, 0.29) is 5.91 Å². The number of halogens is 2. The molecular formula is C12H17BrINOS. The van der Waals surface area contributed by atoms with Crippen LogP contribution in [0.4, 0.5) is 0 Å². The quantitative estimate of drug-likeness (QED) is 0.384. The largest absolute Gasteiger partial charge is 0.351 e. The minimum absolute atomic E-state index is 0.0534. The van der Waals surface area contributed by atoms with Crippen LogP contribution in [-0.2, 0) is 0 Å². The molecule has 0 saturated heterocycles. The van der Waals surface area contributed by atoms with E-state index in [0.717, 1.165) is 27.2 Å². The fourth-order valence-corrected chi connectivity index (χ4v) is 3.42. The van der Waals surface area contributed by atoms with E-state index in [4.69, 9.17) is 0 Å². The van der Waals surface area contributed by atoms with Crippen molar-refractivity contribution in [2.24, 2.45) is 0 Å². The van der Waals surface area contributed by atoms with Crippen LogP contribution < -0.4 is 5.32 Å². The Bertz CT molecular complexity index is 348. The number of hydrogen-bond donors (Lipinski definition) is 1. The van der Waals surface area contributed by atoms with Crippen LogP contribution >= 0.6 is 49.9 Å². The van der Waals surface area contributed by atoms with Crippen molar-refractivity contribution in [3.05, 3.63) is 20.3 Å². The van der Waals surface area contributed by atoms with Crippen molar-refractivity contribution >= 4 is 55.8 Å². The maximum absolute atomic E-state index is 11.8. The van der Waals surface area contributed by atoms with Gasteiger partial charge in [0.15, 0.2) is 0 Å². The maximum Gasteiger partial charge on any atom is 0.261 e. The van der Waals surface area contributed by atoms with Gasteiger partial charge in [-0.1, -0.05) is 35.4 Å². The Morgan fingerprint density at radius 3 is 2.71 bits per heavy atom. The molecule has 0 fully saturated rings. The monoisotopic (exact) mass is 429 g/mol. The van der Waals surface area contributed by atoms with Gasteiger partial charge in [0.25, 0.3) is 5.91 Å². The predicted molar refractivity (Wildman–Crippen MR) is 86.4 cm³/mol. The Labute approximate surface area is 129 Å². The molecule has 0 radical (unpaired) electrons. The van der Waals surface area contributed by atoms with Gasteiger partial charge in [0, 0.05) is 6.54 Å². The van der Waals surface area contributed by atoms with E-state index in [9.17, 15) is 4.79 Å². The maximum atomic E-state index is 11.8. The molecule has 1 heterocycles. The number of thiophene rings is 1. The zero-order valence-corrected chi connectivity index (χ0v) is 14.5. The summed E-state index contributed by atoms with van der Waals surface area (Å²) in [6.07, 6.45) is 4.83.